The lowest BCUT2D eigenvalue weighted by molar-refractivity contribution is -0.138. The topological polar surface area (TPSA) is 66.6 Å². The van der Waals surface area contributed by atoms with E-state index in [0.29, 0.717) is 0 Å². The summed E-state index contributed by atoms with van der Waals surface area (Å²) in [6, 6.07) is 2.16. The van der Waals surface area contributed by atoms with Crippen molar-refractivity contribution in [1.82, 2.24) is 0 Å². The molecule has 0 saturated heterocycles. The lowest BCUT2D eigenvalue weighted by Crippen LogP contribution is -2.25. The number of nitrogens with zero attached hydrogens (tertiary/aromatic N) is 1. The van der Waals surface area contributed by atoms with Crippen LogP contribution < -0.4 is 10.6 Å². The molecule has 3 N–H and O–H groups in total. The fourth-order valence-electron chi connectivity index (χ4n) is 1.65. The molecule has 1 aromatic rings. The van der Waals surface area contributed by atoms with Crippen molar-refractivity contribution in [2.45, 2.75) is 5.92 Å². The number of rotatable bonds is 4. The molecule has 0 spiro atoms. The Labute approximate surface area is 97.6 Å². The van der Waals surface area contributed by atoms with Gasteiger partial charge in [0.25, 0.3) is 0 Å². The number of anilines is 1. The number of carbonyl (C=O) groups is 1. The highest BCUT2D eigenvalue weighted by Crippen LogP contribution is 2.30. The summed E-state index contributed by atoms with van der Waals surface area (Å²) in [4.78, 5) is 12.3. The van der Waals surface area contributed by atoms with E-state index in [-0.39, 0.29) is 17.8 Å². The van der Waals surface area contributed by atoms with Crippen molar-refractivity contribution in [3.05, 3.63) is 29.3 Å². The first-order valence-corrected chi connectivity index (χ1v) is 4.98. The smallest absolute Gasteiger partial charge is 0.312 e. The highest BCUT2D eigenvalue weighted by molar-refractivity contribution is 5.79. The molecule has 0 aliphatic rings. The Morgan fingerprint density at radius 2 is 2.06 bits per heavy atom. The molecule has 1 atom stereocenters. The van der Waals surface area contributed by atoms with Crippen LogP contribution in [0, 0.1) is 11.6 Å². The lowest BCUT2D eigenvalue weighted by Gasteiger charge is -2.21. The zero-order chi connectivity index (χ0) is 13.2. The molecule has 6 heteroatoms. The van der Waals surface area contributed by atoms with E-state index in [1.165, 1.54) is 25.1 Å². The van der Waals surface area contributed by atoms with Crippen LogP contribution in [0.4, 0.5) is 14.5 Å². The van der Waals surface area contributed by atoms with Crippen LogP contribution in [0.2, 0.25) is 0 Å². The summed E-state index contributed by atoms with van der Waals surface area (Å²) in [6.07, 6.45) is 0. The second kappa shape index (κ2) is 5.09. The molecule has 17 heavy (non-hydrogen) atoms. The zero-order valence-corrected chi connectivity index (χ0v) is 9.58. The van der Waals surface area contributed by atoms with E-state index in [0.717, 1.165) is 6.07 Å². The van der Waals surface area contributed by atoms with Crippen LogP contribution >= 0.6 is 0 Å². The Kier molecular flexibility index (Phi) is 4.01. The van der Waals surface area contributed by atoms with Gasteiger partial charge in [0, 0.05) is 20.6 Å². The van der Waals surface area contributed by atoms with Gasteiger partial charge in [0.2, 0.25) is 0 Å². The zero-order valence-electron chi connectivity index (χ0n) is 9.58. The molecular formula is C11H14F2N2O2. The summed E-state index contributed by atoms with van der Waals surface area (Å²) in [6.45, 7) is -0.179. The normalized spacial score (nSPS) is 12.3. The molecule has 0 aliphatic carbocycles. The maximum absolute atomic E-state index is 13.6. The molecule has 0 fully saturated rings. The number of hydrogen-bond acceptors (Lipinski definition) is 3. The predicted molar refractivity (Wildman–Crippen MR) is 60.1 cm³/mol. The van der Waals surface area contributed by atoms with E-state index in [1.54, 1.807) is 0 Å². The molecule has 0 radical (unpaired) electrons. The van der Waals surface area contributed by atoms with Gasteiger partial charge in [0.05, 0.1) is 11.6 Å². The second-order valence-corrected chi connectivity index (χ2v) is 3.82. The maximum atomic E-state index is 13.6. The van der Waals surface area contributed by atoms with Crippen molar-refractivity contribution in [3.63, 3.8) is 0 Å². The molecule has 4 nitrogen and oxygen atoms in total. The fraction of sp³-hybridized carbons (Fsp3) is 0.364. The van der Waals surface area contributed by atoms with Crippen molar-refractivity contribution in [2.75, 3.05) is 25.5 Å². The molecule has 0 heterocycles. The minimum atomic E-state index is -1.17. The van der Waals surface area contributed by atoms with Crippen LogP contribution in [-0.2, 0) is 4.79 Å². The largest absolute Gasteiger partial charge is 0.481 e. The first-order chi connectivity index (χ1) is 7.90. The molecule has 1 rings (SSSR count). The number of hydrogen-bond donors (Lipinski definition) is 2. The minimum Gasteiger partial charge on any atom is -0.481 e. The van der Waals surface area contributed by atoms with Gasteiger partial charge in [0.15, 0.2) is 11.6 Å². The summed E-state index contributed by atoms with van der Waals surface area (Å²) in [7, 11) is 3.02. The summed E-state index contributed by atoms with van der Waals surface area (Å²) in [5.41, 5.74) is 5.44. The maximum Gasteiger partial charge on any atom is 0.312 e. The molecule has 1 aromatic carbocycles. The van der Waals surface area contributed by atoms with Crippen LogP contribution in [0.3, 0.4) is 0 Å². The number of aliphatic carboxylic acids is 1. The summed E-state index contributed by atoms with van der Waals surface area (Å²) in [5.74, 6) is -4.30. The van der Waals surface area contributed by atoms with Gasteiger partial charge in [-0.05, 0) is 11.6 Å². The Balaban J connectivity index is 3.42. The highest BCUT2D eigenvalue weighted by atomic mass is 19.2. The molecular weight excluding hydrogens is 230 g/mol. The van der Waals surface area contributed by atoms with Gasteiger partial charge in [-0.15, -0.1) is 0 Å². The Bertz CT molecular complexity index is 436. The highest BCUT2D eigenvalue weighted by Gasteiger charge is 2.25. The number of carboxylic acids is 1. The van der Waals surface area contributed by atoms with E-state index in [2.05, 4.69) is 0 Å². The van der Waals surface area contributed by atoms with E-state index < -0.39 is 23.5 Å². The molecule has 0 aromatic heterocycles. The Morgan fingerprint density at radius 1 is 1.47 bits per heavy atom. The van der Waals surface area contributed by atoms with Gasteiger partial charge < -0.3 is 15.7 Å². The molecule has 0 amide bonds. The van der Waals surface area contributed by atoms with Crippen molar-refractivity contribution < 1.29 is 18.7 Å². The monoisotopic (exact) mass is 244 g/mol. The Hall–Kier alpha value is -1.69. The van der Waals surface area contributed by atoms with Crippen molar-refractivity contribution in [3.8, 4) is 0 Å². The average molecular weight is 244 g/mol. The van der Waals surface area contributed by atoms with E-state index in [1.807, 2.05) is 0 Å². The van der Waals surface area contributed by atoms with Gasteiger partial charge in [-0.1, -0.05) is 6.07 Å². The fourth-order valence-corrected chi connectivity index (χ4v) is 1.65. The lowest BCUT2D eigenvalue weighted by atomic mass is 9.96. The van der Waals surface area contributed by atoms with Crippen LogP contribution in [0.5, 0.6) is 0 Å². The van der Waals surface area contributed by atoms with Crippen LogP contribution in [-0.4, -0.2) is 31.7 Å². The van der Waals surface area contributed by atoms with Gasteiger partial charge >= 0.3 is 5.97 Å². The first-order valence-electron chi connectivity index (χ1n) is 4.98. The van der Waals surface area contributed by atoms with Gasteiger partial charge in [-0.25, -0.2) is 8.78 Å². The van der Waals surface area contributed by atoms with Crippen molar-refractivity contribution >= 4 is 11.7 Å². The number of carboxylic acid groups (broad SMARTS) is 1. The summed E-state index contributed by atoms with van der Waals surface area (Å²) >= 11 is 0. The van der Waals surface area contributed by atoms with Gasteiger partial charge in [-0.2, -0.15) is 0 Å². The standard InChI is InChI=1S/C11H14F2N2O2/c1-15(2)10-6(7(5-14)11(16)17)3-4-8(12)9(10)13/h3-4,7H,5,14H2,1-2H3,(H,16,17). The number of halogens is 2. The molecule has 94 valence electrons. The number of nitrogens with two attached hydrogens (primary N) is 1. The van der Waals surface area contributed by atoms with Crippen LogP contribution in [0.1, 0.15) is 11.5 Å². The van der Waals surface area contributed by atoms with Crippen molar-refractivity contribution in [1.29, 1.82) is 0 Å². The molecule has 0 saturated carbocycles. The third-order valence-corrected chi connectivity index (χ3v) is 2.46. The van der Waals surface area contributed by atoms with E-state index >= 15 is 0 Å². The predicted octanol–water partition coefficient (Wildman–Crippen LogP) is 1.16. The molecule has 1 unspecified atom stereocenters. The van der Waals surface area contributed by atoms with Gasteiger partial charge in [0.1, 0.15) is 0 Å². The summed E-state index contributed by atoms with van der Waals surface area (Å²) in [5, 5.41) is 8.98. The quantitative estimate of drug-likeness (QED) is 0.834. The van der Waals surface area contributed by atoms with Crippen LogP contribution in [0.15, 0.2) is 12.1 Å². The van der Waals surface area contributed by atoms with E-state index in [4.69, 9.17) is 10.8 Å². The summed E-state index contributed by atoms with van der Waals surface area (Å²) < 4.78 is 26.7. The van der Waals surface area contributed by atoms with Gasteiger partial charge in [-0.3, -0.25) is 4.79 Å². The molecule has 0 bridgehead atoms. The average Bonchev–Trinajstić information content (AvgIpc) is 2.23. The second-order valence-electron chi connectivity index (χ2n) is 3.82. The Morgan fingerprint density at radius 3 is 2.47 bits per heavy atom. The van der Waals surface area contributed by atoms with E-state index in [9.17, 15) is 13.6 Å². The number of benzene rings is 1. The third kappa shape index (κ3) is 2.52. The molecule has 0 aliphatic heterocycles. The van der Waals surface area contributed by atoms with Crippen molar-refractivity contribution in [2.24, 2.45) is 5.73 Å². The van der Waals surface area contributed by atoms with Crippen LogP contribution in [0.25, 0.3) is 0 Å². The third-order valence-electron chi connectivity index (χ3n) is 2.46. The first kappa shape index (κ1) is 13.4. The SMILES string of the molecule is CN(C)c1c(C(CN)C(=O)O)ccc(F)c1F. The minimum absolute atomic E-state index is 0.0807.